The van der Waals surface area contributed by atoms with E-state index in [4.69, 9.17) is 9.84 Å². The lowest BCUT2D eigenvalue weighted by Gasteiger charge is -2.18. The van der Waals surface area contributed by atoms with E-state index < -0.39 is 0 Å². The largest absolute Gasteiger partial charge is 0.482 e. The van der Waals surface area contributed by atoms with Gasteiger partial charge >= 0.3 is 0 Å². The van der Waals surface area contributed by atoms with Gasteiger partial charge in [0.2, 0.25) is 0 Å². The summed E-state index contributed by atoms with van der Waals surface area (Å²) in [7, 11) is 0. The molecule has 2 heterocycles. The molecule has 0 aliphatic carbocycles. The minimum absolute atomic E-state index is 0.0452. The minimum atomic E-state index is -0.150. The summed E-state index contributed by atoms with van der Waals surface area (Å²) in [5.41, 5.74) is 6.72. The highest BCUT2D eigenvalue weighted by atomic mass is 16.5. The van der Waals surface area contributed by atoms with Crippen LogP contribution in [0.15, 0.2) is 79.0 Å². The topological polar surface area (TPSA) is 56.2 Å². The summed E-state index contributed by atoms with van der Waals surface area (Å²) in [5, 5.41) is 7.80. The fourth-order valence-electron chi connectivity index (χ4n) is 3.59. The molecule has 0 radical (unpaired) electrons. The quantitative estimate of drug-likeness (QED) is 0.552. The first-order valence-electron chi connectivity index (χ1n) is 9.47. The number of carbonyl (C=O) groups excluding carboxylic acids is 1. The number of para-hydroxylation sites is 1. The zero-order valence-electron chi connectivity index (χ0n) is 15.9. The molecule has 0 spiro atoms. The molecule has 0 saturated carbocycles. The number of hydrogen-bond acceptors (Lipinski definition) is 3. The first-order chi connectivity index (χ1) is 14.2. The first-order valence-corrected chi connectivity index (χ1v) is 9.47. The number of hydrogen-bond donors (Lipinski definition) is 1. The van der Waals surface area contributed by atoms with E-state index in [0.717, 1.165) is 33.6 Å². The number of ether oxygens (including phenoxy) is 1. The Bertz CT molecular complexity index is 1210. The van der Waals surface area contributed by atoms with Crippen molar-refractivity contribution in [2.75, 3.05) is 11.9 Å². The number of nitrogens with zero attached hydrogens (tertiary/aromatic N) is 2. The van der Waals surface area contributed by atoms with Gasteiger partial charge in [-0.25, -0.2) is 4.68 Å². The van der Waals surface area contributed by atoms with Gasteiger partial charge in [-0.3, -0.25) is 4.79 Å². The fraction of sp³-hybridized carbons (Fsp3) is 0.0833. The second kappa shape index (κ2) is 6.95. The number of fused-ring (bicyclic) bond motifs is 1. The zero-order chi connectivity index (χ0) is 19.8. The Hall–Kier alpha value is -3.86. The van der Waals surface area contributed by atoms with Gasteiger partial charge in [-0.15, -0.1) is 0 Å². The van der Waals surface area contributed by atoms with Crippen LogP contribution >= 0.6 is 0 Å². The molecule has 5 rings (SSSR count). The highest BCUT2D eigenvalue weighted by molar-refractivity contribution is 5.96. The molecule has 5 heteroatoms. The van der Waals surface area contributed by atoms with E-state index in [2.05, 4.69) is 42.7 Å². The van der Waals surface area contributed by atoms with Crippen LogP contribution in [0, 0.1) is 6.92 Å². The molecule has 1 aliphatic rings. The van der Waals surface area contributed by atoms with Crippen LogP contribution < -0.4 is 10.1 Å². The second-order valence-electron chi connectivity index (χ2n) is 7.04. The smallest absolute Gasteiger partial charge is 0.262 e. The van der Waals surface area contributed by atoms with Crippen LogP contribution in [0.1, 0.15) is 5.56 Å². The van der Waals surface area contributed by atoms with Crippen LogP contribution in [-0.2, 0) is 4.79 Å². The number of amides is 1. The number of carbonyl (C=O) groups is 1. The van der Waals surface area contributed by atoms with Crippen molar-refractivity contribution < 1.29 is 9.53 Å². The van der Waals surface area contributed by atoms with Crippen LogP contribution in [-0.4, -0.2) is 22.3 Å². The molecular weight excluding hydrogens is 362 g/mol. The van der Waals surface area contributed by atoms with E-state index in [9.17, 15) is 4.79 Å². The molecule has 0 fully saturated rings. The second-order valence-corrected chi connectivity index (χ2v) is 7.04. The molecule has 0 saturated heterocycles. The third kappa shape index (κ3) is 3.17. The van der Waals surface area contributed by atoms with Crippen LogP contribution in [0.5, 0.6) is 5.75 Å². The number of aryl methyl sites for hydroxylation is 1. The Morgan fingerprint density at radius 2 is 1.76 bits per heavy atom. The van der Waals surface area contributed by atoms with Gasteiger partial charge in [0.05, 0.1) is 11.4 Å². The van der Waals surface area contributed by atoms with Gasteiger partial charge in [0.25, 0.3) is 5.91 Å². The number of benzene rings is 3. The van der Waals surface area contributed by atoms with Crippen molar-refractivity contribution in [3.63, 3.8) is 0 Å². The lowest BCUT2D eigenvalue weighted by atomic mass is 10.0. The summed E-state index contributed by atoms with van der Waals surface area (Å²) in [6, 6.07) is 24.1. The molecule has 142 valence electrons. The van der Waals surface area contributed by atoms with Crippen molar-refractivity contribution in [1.82, 2.24) is 9.78 Å². The lowest BCUT2D eigenvalue weighted by molar-refractivity contribution is -0.118. The third-order valence-corrected chi connectivity index (χ3v) is 5.05. The van der Waals surface area contributed by atoms with Gasteiger partial charge in [0, 0.05) is 17.3 Å². The van der Waals surface area contributed by atoms with Crippen molar-refractivity contribution in [2.45, 2.75) is 6.92 Å². The summed E-state index contributed by atoms with van der Waals surface area (Å²) in [6.45, 7) is 2.12. The molecule has 5 nitrogen and oxygen atoms in total. The standard InChI is InChI=1S/C24H19N3O2/c1-16-7-5-6-10-21(16)27-14-19(17-8-3-2-4-9-17)24(26-27)18-11-12-22-20(13-18)25-23(28)15-29-22/h2-14H,15H2,1H3,(H,25,28). The number of rotatable bonds is 3. The summed E-state index contributed by atoms with van der Waals surface area (Å²) >= 11 is 0. The van der Waals surface area contributed by atoms with Crippen molar-refractivity contribution in [3.8, 4) is 33.8 Å². The van der Waals surface area contributed by atoms with Crippen molar-refractivity contribution >= 4 is 11.6 Å². The van der Waals surface area contributed by atoms with E-state index in [-0.39, 0.29) is 12.5 Å². The predicted molar refractivity (Wildman–Crippen MR) is 113 cm³/mol. The van der Waals surface area contributed by atoms with Crippen LogP contribution in [0.2, 0.25) is 0 Å². The molecule has 0 bridgehead atoms. The van der Waals surface area contributed by atoms with Crippen molar-refractivity contribution in [1.29, 1.82) is 0 Å². The predicted octanol–water partition coefficient (Wildman–Crippen LogP) is 4.85. The molecule has 1 aromatic heterocycles. The molecule has 3 aromatic carbocycles. The fourth-order valence-corrected chi connectivity index (χ4v) is 3.59. The van der Waals surface area contributed by atoms with Crippen molar-refractivity contribution in [2.24, 2.45) is 0 Å². The Balaban J connectivity index is 1.69. The average Bonchev–Trinajstić information content (AvgIpc) is 3.19. The molecule has 1 N–H and O–H groups in total. The maximum Gasteiger partial charge on any atom is 0.262 e. The molecule has 1 amide bonds. The molecule has 29 heavy (non-hydrogen) atoms. The maximum absolute atomic E-state index is 11.7. The summed E-state index contributed by atoms with van der Waals surface area (Å²) in [5.74, 6) is 0.524. The molecule has 1 aliphatic heterocycles. The Kier molecular flexibility index (Phi) is 4.13. The SMILES string of the molecule is Cc1ccccc1-n1cc(-c2ccccc2)c(-c2ccc3c(c2)NC(=O)CO3)n1. The minimum Gasteiger partial charge on any atom is -0.482 e. The molecule has 0 atom stereocenters. The highest BCUT2D eigenvalue weighted by Gasteiger charge is 2.20. The average molecular weight is 381 g/mol. The highest BCUT2D eigenvalue weighted by Crippen LogP contribution is 2.37. The van der Waals surface area contributed by atoms with Crippen LogP contribution in [0.4, 0.5) is 5.69 Å². The normalized spacial score (nSPS) is 12.8. The Morgan fingerprint density at radius 1 is 0.966 bits per heavy atom. The summed E-state index contributed by atoms with van der Waals surface area (Å²) < 4.78 is 7.41. The van der Waals surface area contributed by atoms with Gasteiger partial charge in [0.1, 0.15) is 11.4 Å². The lowest BCUT2D eigenvalue weighted by Crippen LogP contribution is -2.25. The Morgan fingerprint density at radius 3 is 2.59 bits per heavy atom. The van der Waals surface area contributed by atoms with E-state index >= 15 is 0 Å². The van der Waals surface area contributed by atoms with E-state index in [1.807, 2.05) is 53.2 Å². The number of nitrogens with one attached hydrogen (secondary N) is 1. The van der Waals surface area contributed by atoms with Gasteiger partial charge in [-0.2, -0.15) is 5.10 Å². The summed E-state index contributed by atoms with van der Waals surface area (Å²) in [6.07, 6.45) is 2.06. The van der Waals surface area contributed by atoms with E-state index in [1.54, 1.807) is 0 Å². The Labute approximate surface area is 168 Å². The number of anilines is 1. The molecule has 4 aromatic rings. The monoisotopic (exact) mass is 381 g/mol. The van der Waals surface area contributed by atoms with Gasteiger partial charge < -0.3 is 10.1 Å². The number of aromatic nitrogens is 2. The van der Waals surface area contributed by atoms with Gasteiger partial charge in [-0.1, -0.05) is 48.5 Å². The van der Waals surface area contributed by atoms with Crippen molar-refractivity contribution in [3.05, 3.63) is 84.6 Å². The van der Waals surface area contributed by atoms with Crippen LogP contribution in [0.3, 0.4) is 0 Å². The molecule has 0 unspecified atom stereocenters. The zero-order valence-corrected chi connectivity index (χ0v) is 15.9. The third-order valence-electron chi connectivity index (χ3n) is 5.05. The van der Waals surface area contributed by atoms with Gasteiger partial charge in [0.15, 0.2) is 6.61 Å². The van der Waals surface area contributed by atoms with E-state index in [0.29, 0.717) is 11.4 Å². The van der Waals surface area contributed by atoms with Gasteiger partial charge in [-0.05, 0) is 42.3 Å². The summed E-state index contributed by atoms with van der Waals surface area (Å²) in [4.78, 5) is 11.7. The van der Waals surface area contributed by atoms with Crippen LogP contribution in [0.25, 0.3) is 28.1 Å². The molecular formula is C24H19N3O2. The first kappa shape index (κ1) is 17.3. The van der Waals surface area contributed by atoms with E-state index in [1.165, 1.54) is 0 Å². The maximum atomic E-state index is 11.7.